The van der Waals surface area contributed by atoms with Crippen LogP contribution in [-0.2, 0) is 0 Å². The number of para-hydroxylation sites is 2. The molecule has 0 atom stereocenters. The lowest BCUT2D eigenvalue weighted by molar-refractivity contribution is 0.667. The minimum Gasteiger partial charge on any atom is -0.450 e. The lowest BCUT2D eigenvalue weighted by Crippen LogP contribution is -1.99. The van der Waals surface area contributed by atoms with Crippen molar-refractivity contribution in [3.05, 3.63) is 77.9 Å². The third-order valence-electron chi connectivity index (χ3n) is 4.87. The average Bonchev–Trinajstić information content (AvgIpc) is 3.27. The molecule has 0 unspecified atom stereocenters. The van der Waals surface area contributed by atoms with E-state index in [1.54, 1.807) is 6.21 Å². The minimum absolute atomic E-state index is 0.521. The zero-order valence-corrected chi connectivity index (χ0v) is 16.0. The molecule has 0 saturated carbocycles. The molecular weight excluding hydrogens is 364 g/mol. The number of aryl methyl sites for hydroxylation is 1. The Bertz CT molecular complexity index is 1350. The number of benzene rings is 2. The molecule has 142 valence electrons. The Morgan fingerprint density at radius 3 is 2.66 bits per heavy atom. The fourth-order valence-electron chi connectivity index (χ4n) is 3.42. The van der Waals surface area contributed by atoms with Gasteiger partial charge in [-0.2, -0.15) is 10.2 Å². The smallest absolute Gasteiger partial charge is 0.197 e. The van der Waals surface area contributed by atoms with Gasteiger partial charge >= 0.3 is 0 Å². The first-order valence-corrected chi connectivity index (χ1v) is 9.25. The standard InChI is InChI=1S/C22H18N6O/c1-14-18(15(2)28(27-14)16-8-4-3-5-9-16)12-25-26-22-21-20(23-13-24-22)17-10-6-7-11-19(17)29-21/h3-13H,1-2H3,(H,23,24,26)/b25-12-. The van der Waals surface area contributed by atoms with Gasteiger partial charge in [0.15, 0.2) is 11.4 Å². The van der Waals surface area contributed by atoms with Crippen molar-refractivity contribution in [2.24, 2.45) is 5.10 Å². The second-order valence-corrected chi connectivity index (χ2v) is 6.70. The molecule has 0 spiro atoms. The number of hydrogen-bond acceptors (Lipinski definition) is 6. The third kappa shape index (κ3) is 2.93. The number of anilines is 1. The first-order chi connectivity index (χ1) is 14.2. The van der Waals surface area contributed by atoms with Crippen molar-refractivity contribution in [2.75, 3.05) is 5.43 Å². The summed E-state index contributed by atoms with van der Waals surface area (Å²) in [6.07, 6.45) is 3.26. The molecule has 29 heavy (non-hydrogen) atoms. The summed E-state index contributed by atoms with van der Waals surface area (Å²) in [5.41, 5.74) is 8.98. The van der Waals surface area contributed by atoms with E-state index in [1.165, 1.54) is 6.33 Å². The van der Waals surface area contributed by atoms with Crippen molar-refractivity contribution in [3.8, 4) is 5.69 Å². The molecule has 7 nitrogen and oxygen atoms in total. The van der Waals surface area contributed by atoms with Gasteiger partial charge < -0.3 is 4.42 Å². The van der Waals surface area contributed by atoms with Gasteiger partial charge in [0, 0.05) is 10.9 Å². The topological polar surface area (TPSA) is 81.1 Å². The van der Waals surface area contributed by atoms with E-state index < -0.39 is 0 Å². The first kappa shape index (κ1) is 17.1. The van der Waals surface area contributed by atoms with Crippen molar-refractivity contribution in [2.45, 2.75) is 13.8 Å². The van der Waals surface area contributed by atoms with E-state index in [0.717, 1.165) is 39.1 Å². The van der Waals surface area contributed by atoms with Gasteiger partial charge in [-0.25, -0.2) is 14.6 Å². The fraction of sp³-hybridized carbons (Fsp3) is 0.0909. The summed E-state index contributed by atoms with van der Waals surface area (Å²) in [5, 5.41) is 9.97. The van der Waals surface area contributed by atoms with E-state index in [9.17, 15) is 0 Å². The molecule has 0 radical (unpaired) electrons. The van der Waals surface area contributed by atoms with Crippen LogP contribution in [0, 0.1) is 13.8 Å². The van der Waals surface area contributed by atoms with E-state index in [2.05, 4.69) is 25.6 Å². The number of fused-ring (bicyclic) bond motifs is 3. The molecular formula is C22H18N6O. The summed E-state index contributed by atoms with van der Waals surface area (Å²) < 4.78 is 7.83. The maximum Gasteiger partial charge on any atom is 0.197 e. The summed E-state index contributed by atoms with van der Waals surface area (Å²) >= 11 is 0. The Balaban J connectivity index is 1.47. The SMILES string of the molecule is Cc1nn(-c2ccccc2)c(C)c1/C=N\Nc1ncnc2c1oc1ccccc12. The normalized spacial score (nSPS) is 11.7. The molecule has 0 bridgehead atoms. The van der Waals surface area contributed by atoms with Crippen LogP contribution in [0.5, 0.6) is 0 Å². The Hall–Kier alpha value is -4.00. The summed E-state index contributed by atoms with van der Waals surface area (Å²) in [5.74, 6) is 0.521. The highest BCUT2D eigenvalue weighted by atomic mass is 16.3. The van der Waals surface area contributed by atoms with Crippen LogP contribution in [0.2, 0.25) is 0 Å². The Labute approximate surface area is 166 Å². The van der Waals surface area contributed by atoms with Gasteiger partial charge in [-0.05, 0) is 38.1 Å². The first-order valence-electron chi connectivity index (χ1n) is 9.25. The molecule has 0 aliphatic heterocycles. The van der Waals surface area contributed by atoms with E-state index in [0.29, 0.717) is 11.4 Å². The Morgan fingerprint density at radius 1 is 1.00 bits per heavy atom. The molecule has 5 rings (SSSR count). The number of nitrogens with zero attached hydrogens (tertiary/aromatic N) is 5. The van der Waals surface area contributed by atoms with Crippen LogP contribution in [0.25, 0.3) is 27.8 Å². The van der Waals surface area contributed by atoms with Crippen molar-refractivity contribution >= 4 is 34.1 Å². The number of furan rings is 1. The van der Waals surface area contributed by atoms with Gasteiger partial charge in [0.05, 0.1) is 23.3 Å². The molecule has 3 aromatic heterocycles. The molecule has 2 aromatic carbocycles. The van der Waals surface area contributed by atoms with Crippen LogP contribution < -0.4 is 5.43 Å². The maximum absolute atomic E-state index is 5.92. The van der Waals surface area contributed by atoms with E-state index in [1.807, 2.05) is 73.1 Å². The maximum atomic E-state index is 5.92. The van der Waals surface area contributed by atoms with E-state index in [4.69, 9.17) is 4.42 Å². The lowest BCUT2D eigenvalue weighted by Gasteiger charge is -2.03. The van der Waals surface area contributed by atoms with Crippen LogP contribution in [0.3, 0.4) is 0 Å². The van der Waals surface area contributed by atoms with Gasteiger partial charge in [-0.15, -0.1) is 0 Å². The number of aromatic nitrogens is 4. The highest BCUT2D eigenvalue weighted by Crippen LogP contribution is 2.30. The summed E-state index contributed by atoms with van der Waals surface area (Å²) in [6.45, 7) is 3.99. The van der Waals surface area contributed by atoms with E-state index in [-0.39, 0.29) is 0 Å². The molecule has 0 amide bonds. The Kier molecular flexibility index (Phi) is 4.05. The zero-order chi connectivity index (χ0) is 19.8. The number of nitrogens with one attached hydrogen (secondary N) is 1. The number of rotatable bonds is 4. The molecule has 3 heterocycles. The quantitative estimate of drug-likeness (QED) is 0.362. The molecule has 7 heteroatoms. The Morgan fingerprint density at radius 2 is 1.79 bits per heavy atom. The summed E-state index contributed by atoms with van der Waals surface area (Å²) in [6, 6.07) is 17.8. The van der Waals surface area contributed by atoms with Crippen molar-refractivity contribution in [1.82, 2.24) is 19.7 Å². The lowest BCUT2D eigenvalue weighted by atomic mass is 10.2. The number of hydrazone groups is 1. The van der Waals surface area contributed by atoms with Crippen molar-refractivity contribution in [3.63, 3.8) is 0 Å². The predicted octanol–water partition coefficient (Wildman–Crippen LogP) is 4.62. The van der Waals surface area contributed by atoms with Crippen LogP contribution >= 0.6 is 0 Å². The molecule has 0 saturated heterocycles. The van der Waals surface area contributed by atoms with Gasteiger partial charge in [0.2, 0.25) is 0 Å². The van der Waals surface area contributed by atoms with Crippen molar-refractivity contribution in [1.29, 1.82) is 0 Å². The highest BCUT2D eigenvalue weighted by molar-refractivity contribution is 6.05. The van der Waals surface area contributed by atoms with E-state index >= 15 is 0 Å². The molecule has 0 aliphatic carbocycles. The van der Waals surface area contributed by atoms with Crippen LogP contribution in [0.1, 0.15) is 17.0 Å². The second kappa shape index (κ2) is 6.87. The minimum atomic E-state index is 0.521. The monoisotopic (exact) mass is 382 g/mol. The summed E-state index contributed by atoms with van der Waals surface area (Å²) in [4.78, 5) is 8.63. The second-order valence-electron chi connectivity index (χ2n) is 6.70. The van der Waals surface area contributed by atoms with Crippen LogP contribution in [0.15, 0.2) is 70.4 Å². The molecule has 5 aromatic rings. The van der Waals surface area contributed by atoms with Gasteiger partial charge in [0.25, 0.3) is 0 Å². The number of hydrogen-bond donors (Lipinski definition) is 1. The fourth-order valence-corrected chi connectivity index (χ4v) is 3.42. The molecule has 0 aliphatic rings. The largest absolute Gasteiger partial charge is 0.450 e. The van der Waals surface area contributed by atoms with Crippen molar-refractivity contribution < 1.29 is 4.42 Å². The van der Waals surface area contributed by atoms with Crippen LogP contribution in [0.4, 0.5) is 5.82 Å². The van der Waals surface area contributed by atoms with Gasteiger partial charge in [-0.1, -0.05) is 30.3 Å². The zero-order valence-electron chi connectivity index (χ0n) is 16.0. The third-order valence-corrected chi connectivity index (χ3v) is 4.87. The van der Waals surface area contributed by atoms with Crippen LogP contribution in [-0.4, -0.2) is 26.0 Å². The molecule has 0 fully saturated rings. The van der Waals surface area contributed by atoms with Gasteiger partial charge in [-0.3, -0.25) is 5.43 Å². The molecule has 1 N–H and O–H groups in total. The summed E-state index contributed by atoms with van der Waals surface area (Å²) in [7, 11) is 0. The van der Waals surface area contributed by atoms with Gasteiger partial charge in [0.1, 0.15) is 17.4 Å². The highest BCUT2D eigenvalue weighted by Gasteiger charge is 2.13. The average molecular weight is 382 g/mol. The predicted molar refractivity (Wildman–Crippen MR) is 114 cm³/mol.